The lowest BCUT2D eigenvalue weighted by atomic mass is 9.96. The zero-order chi connectivity index (χ0) is 12.9. The molecule has 0 saturated heterocycles. The highest BCUT2D eigenvalue weighted by Crippen LogP contribution is 2.14. The van der Waals surface area contributed by atoms with E-state index in [4.69, 9.17) is 4.74 Å². The summed E-state index contributed by atoms with van der Waals surface area (Å²) in [5, 5.41) is 3.26. The van der Waals surface area contributed by atoms with Crippen molar-refractivity contribution in [1.82, 2.24) is 14.9 Å². The Hall–Kier alpha value is -1.36. The second-order valence-electron chi connectivity index (χ2n) is 4.67. The molecule has 0 bridgehead atoms. The van der Waals surface area contributed by atoms with Crippen LogP contribution in [0.25, 0.3) is 0 Å². The van der Waals surface area contributed by atoms with Crippen LogP contribution in [-0.4, -0.2) is 34.2 Å². The van der Waals surface area contributed by atoms with E-state index < -0.39 is 5.54 Å². The molecule has 5 nitrogen and oxygen atoms in total. The molecule has 1 rings (SSSR count). The van der Waals surface area contributed by atoms with E-state index in [1.807, 2.05) is 31.5 Å². The first-order valence-corrected chi connectivity index (χ1v) is 5.80. The van der Waals surface area contributed by atoms with Crippen molar-refractivity contribution in [1.29, 1.82) is 0 Å². The summed E-state index contributed by atoms with van der Waals surface area (Å²) in [4.78, 5) is 15.8. The van der Waals surface area contributed by atoms with Crippen LogP contribution in [0.4, 0.5) is 0 Å². The average molecular weight is 239 g/mol. The van der Waals surface area contributed by atoms with Crippen molar-refractivity contribution in [2.45, 2.75) is 45.3 Å². The predicted molar refractivity (Wildman–Crippen MR) is 65.5 cm³/mol. The third-order valence-electron chi connectivity index (χ3n) is 2.67. The van der Waals surface area contributed by atoms with Gasteiger partial charge in [-0.05, 0) is 27.2 Å². The van der Waals surface area contributed by atoms with Gasteiger partial charge in [0.05, 0.1) is 13.4 Å². The number of ether oxygens (including phenoxy) is 1. The number of carbonyl (C=O) groups excluding carboxylic acids is 1. The second kappa shape index (κ2) is 5.82. The Bertz CT molecular complexity index is 349. The lowest BCUT2D eigenvalue weighted by molar-refractivity contribution is -0.148. The van der Waals surface area contributed by atoms with Crippen molar-refractivity contribution in [3.05, 3.63) is 18.7 Å². The summed E-state index contributed by atoms with van der Waals surface area (Å²) in [6.45, 7) is 6.62. The van der Waals surface area contributed by atoms with Crippen molar-refractivity contribution in [3.8, 4) is 0 Å². The van der Waals surface area contributed by atoms with Crippen LogP contribution in [0.2, 0.25) is 0 Å². The van der Waals surface area contributed by atoms with Gasteiger partial charge in [0.2, 0.25) is 0 Å². The van der Waals surface area contributed by atoms with Gasteiger partial charge in [0.1, 0.15) is 5.54 Å². The van der Waals surface area contributed by atoms with E-state index in [1.54, 1.807) is 12.5 Å². The van der Waals surface area contributed by atoms with Gasteiger partial charge in [-0.2, -0.15) is 0 Å². The van der Waals surface area contributed by atoms with Crippen LogP contribution < -0.4 is 5.32 Å². The minimum Gasteiger partial charge on any atom is -0.468 e. The average Bonchev–Trinajstić information content (AvgIpc) is 2.77. The molecule has 1 aromatic heterocycles. The minimum absolute atomic E-state index is 0.224. The molecule has 0 aliphatic rings. The van der Waals surface area contributed by atoms with Crippen molar-refractivity contribution < 1.29 is 9.53 Å². The molecule has 0 aliphatic heterocycles. The van der Waals surface area contributed by atoms with Crippen LogP contribution in [0.5, 0.6) is 0 Å². The van der Waals surface area contributed by atoms with Gasteiger partial charge in [0, 0.05) is 25.0 Å². The Kier molecular flexibility index (Phi) is 4.69. The number of methoxy groups -OCH3 is 1. The molecule has 1 aromatic rings. The summed E-state index contributed by atoms with van der Waals surface area (Å²) in [5.74, 6) is -0.230. The lowest BCUT2D eigenvalue weighted by Gasteiger charge is -2.30. The second-order valence-corrected chi connectivity index (χ2v) is 4.67. The standard InChI is InChI=1S/C12H21N3O2/c1-10(2)14-12(3,11(16)17-4)5-7-15-8-6-13-9-15/h6,8-10,14H,5,7H2,1-4H3. The number of aromatic nitrogens is 2. The summed E-state index contributed by atoms with van der Waals surface area (Å²) in [5.41, 5.74) is -0.660. The fourth-order valence-corrected chi connectivity index (χ4v) is 1.87. The Morgan fingerprint density at radius 1 is 1.59 bits per heavy atom. The molecule has 17 heavy (non-hydrogen) atoms. The zero-order valence-corrected chi connectivity index (χ0v) is 10.9. The molecule has 0 amide bonds. The first-order chi connectivity index (χ1) is 7.98. The van der Waals surface area contributed by atoms with Crippen molar-refractivity contribution >= 4 is 5.97 Å². The van der Waals surface area contributed by atoms with Crippen molar-refractivity contribution in [3.63, 3.8) is 0 Å². The number of aryl methyl sites for hydroxylation is 1. The number of hydrogen-bond donors (Lipinski definition) is 1. The van der Waals surface area contributed by atoms with Gasteiger partial charge >= 0.3 is 5.97 Å². The Morgan fingerprint density at radius 3 is 2.76 bits per heavy atom. The first kappa shape index (κ1) is 13.7. The number of carbonyl (C=O) groups is 1. The molecule has 0 radical (unpaired) electrons. The minimum atomic E-state index is -0.660. The van der Waals surface area contributed by atoms with Crippen molar-refractivity contribution in [2.24, 2.45) is 0 Å². The summed E-state index contributed by atoms with van der Waals surface area (Å²) < 4.78 is 6.81. The van der Waals surface area contributed by atoms with Gasteiger partial charge in [-0.15, -0.1) is 0 Å². The van der Waals surface area contributed by atoms with Crippen LogP contribution in [0.3, 0.4) is 0 Å². The first-order valence-electron chi connectivity index (χ1n) is 5.80. The molecule has 0 aliphatic carbocycles. The summed E-state index contributed by atoms with van der Waals surface area (Å²) >= 11 is 0. The molecular weight excluding hydrogens is 218 g/mol. The lowest BCUT2D eigenvalue weighted by Crippen LogP contribution is -2.53. The summed E-state index contributed by atoms with van der Waals surface area (Å²) in [6, 6.07) is 0.224. The fourth-order valence-electron chi connectivity index (χ4n) is 1.87. The van der Waals surface area contributed by atoms with Crippen LogP contribution >= 0.6 is 0 Å². The quantitative estimate of drug-likeness (QED) is 0.758. The van der Waals surface area contributed by atoms with Crippen LogP contribution in [0, 0.1) is 0 Å². The third-order valence-corrected chi connectivity index (χ3v) is 2.67. The molecule has 1 unspecified atom stereocenters. The largest absolute Gasteiger partial charge is 0.468 e. The number of imidazole rings is 1. The molecule has 5 heteroatoms. The van der Waals surface area contributed by atoms with Gasteiger partial charge in [-0.25, -0.2) is 4.98 Å². The molecule has 0 spiro atoms. The van der Waals surface area contributed by atoms with E-state index in [1.165, 1.54) is 7.11 Å². The number of rotatable bonds is 6. The molecule has 96 valence electrons. The van der Waals surface area contributed by atoms with Crippen LogP contribution in [-0.2, 0) is 16.1 Å². The van der Waals surface area contributed by atoms with Gasteiger partial charge in [-0.1, -0.05) is 0 Å². The summed E-state index contributed by atoms with van der Waals surface area (Å²) in [6.07, 6.45) is 6.01. The Morgan fingerprint density at radius 2 is 2.29 bits per heavy atom. The predicted octanol–water partition coefficient (Wildman–Crippen LogP) is 1.20. The topological polar surface area (TPSA) is 56.2 Å². The van der Waals surface area contributed by atoms with E-state index in [0.29, 0.717) is 6.42 Å². The maximum absolute atomic E-state index is 11.8. The molecular formula is C12H21N3O2. The van der Waals surface area contributed by atoms with Crippen LogP contribution in [0.1, 0.15) is 27.2 Å². The normalized spacial score (nSPS) is 14.6. The molecule has 1 N–H and O–H groups in total. The summed E-state index contributed by atoms with van der Waals surface area (Å²) in [7, 11) is 1.42. The highest BCUT2D eigenvalue weighted by Gasteiger charge is 2.34. The molecule has 0 saturated carbocycles. The van der Waals surface area contributed by atoms with Gasteiger partial charge < -0.3 is 9.30 Å². The SMILES string of the molecule is COC(=O)C(C)(CCn1ccnc1)NC(C)C. The maximum Gasteiger partial charge on any atom is 0.325 e. The number of esters is 1. The van der Waals surface area contributed by atoms with E-state index in [2.05, 4.69) is 10.3 Å². The van der Waals surface area contributed by atoms with Gasteiger partial charge in [0.25, 0.3) is 0 Å². The number of nitrogens with zero attached hydrogens (tertiary/aromatic N) is 2. The molecule has 0 fully saturated rings. The Labute approximate surface area is 102 Å². The smallest absolute Gasteiger partial charge is 0.325 e. The number of hydrogen-bond acceptors (Lipinski definition) is 4. The van der Waals surface area contributed by atoms with Gasteiger partial charge in [0.15, 0.2) is 0 Å². The molecule has 1 heterocycles. The van der Waals surface area contributed by atoms with E-state index in [0.717, 1.165) is 6.54 Å². The fraction of sp³-hybridized carbons (Fsp3) is 0.667. The zero-order valence-electron chi connectivity index (χ0n) is 10.9. The highest BCUT2D eigenvalue weighted by molar-refractivity contribution is 5.80. The van der Waals surface area contributed by atoms with E-state index in [-0.39, 0.29) is 12.0 Å². The molecule has 1 atom stereocenters. The van der Waals surface area contributed by atoms with Gasteiger partial charge in [-0.3, -0.25) is 10.1 Å². The highest BCUT2D eigenvalue weighted by atomic mass is 16.5. The van der Waals surface area contributed by atoms with E-state index >= 15 is 0 Å². The van der Waals surface area contributed by atoms with Crippen molar-refractivity contribution in [2.75, 3.05) is 7.11 Å². The maximum atomic E-state index is 11.8. The van der Waals surface area contributed by atoms with Crippen LogP contribution in [0.15, 0.2) is 18.7 Å². The monoisotopic (exact) mass is 239 g/mol. The van der Waals surface area contributed by atoms with E-state index in [9.17, 15) is 4.79 Å². The number of nitrogens with one attached hydrogen (secondary N) is 1. The Balaban J connectivity index is 2.66. The third kappa shape index (κ3) is 3.85. The molecule has 0 aromatic carbocycles.